The molecule has 1 aliphatic rings. The molecular formula is C19H23N3O4S. The van der Waals surface area contributed by atoms with Crippen molar-refractivity contribution in [1.29, 1.82) is 0 Å². The van der Waals surface area contributed by atoms with Crippen LogP contribution in [0, 0.1) is 0 Å². The van der Waals surface area contributed by atoms with Gasteiger partial charge in [-0.15, -0.1) is 0 Å². The lowest BCUT2D eigenvalue weighted by Gasteiger charge is -2.26. The van der Waals surface area contributed by atoms with Crippen molar-refractivity contribution in [2.24, 2.45) is 0 Å². The van der Waals surface area contributed by atoms with Crippen molar-refractivity contribution in [3.8, 4) is 16.9 Å². The van der Waals surface area contributed by atoms with Crippen molar-refractivity contribution >= 4 is 21.6 Å². The van der Waals surface area contributed by atoms with Gasteiger partial charge < -0.3 is 9.64 Å². The Morgan fingerprint density at radius 2 is 2.00 bits per heavy atom. The third-order valence-corrected chi connectivity index (χ3v) is 5.95. The monoisotopic (exact) mass is 389 g/mol. The lowest BCUT2D eigenvalue weighted by molar-refractivity contribution is -0.118. The molecule has 8 heteroatoms. The standard InChI is InChI=1S/C19H23N3O4S/c1-3-27(24,25)21-8-9-26-17-11-16(12-20-13-17)14-4-6-18-15(10-14)5-7-19(23)22(18)2/h4,6,10-13,21H,3,5,7-9H2,1-2H3. The highest BCUT2D eigenvalue weighted by Crippen LogP contribution is 2.32. The first-order valence-corrected chi connectivity index (χ1v) is 10.5. The van der Waals surface area contributed by atoms with Gasteiger partial charge in [0.25, 0.3) is 0 Å². The largest absolute Gasteiger partial charge is 0.491 e. The van der Waals surface area contributed by atoms with Gasteiger partial charge in [-0.05, 0) is 42.7 Å². The predicted octanol–water partition coefficient (Wildman–Crippen LogP) is 1.98. The molecule has 2 heterocycles. The molecule has 1 N–H and O–H groups in total. The van der Waals surface area contributed by atoms with Crippen LogP contribution in [-0.2, 0) is 21.2 Å². The minimum atomic E-state index is -3.22. The van der Waals surface area contributed by atoms with Gasteiger partial charge in [-0.3, -0.25) is 9.78 Å². The van der Waals surface area contributed by atoms with Crippen LogP contribution in [-0.4, -0.2) is 45.3 Å². The predicted molar refractivity (Wildman–Crippen MR) is 104 cm³/mol. The van der Waals surface area contributed by atoms with Crippen LogP contribution in [0.25, 0.3) is 11.1 Å². The van der Waals surface area contributed by atoms with Crippen LogP contribution >= 0.6 is 0 Å². The molecule has 7 nitrogen and oxygen atoms in total. The van der Waals surface area contributed by atoms with E-state index in [0.29, 0.717) is 12.2 Å². The molecule has 0 fully saturated rings. The first-order valence-electron chi connectivity index (χ1n) is 8.84. The van der Waals surface area contributed by atoms with Gasteiger partial charge in [-0.25, -0.2) is 13.1 Å². The zero-order chi connectivity index (χ0) is 19.4. The summed E-state index contributed by atoms with van der Waals surface area (Å²) in [4.78, 5) is 17.7. The third kappa shape index (κ3) is 4.64. The Bertz CT molecular complexity index is 944. The van der Waals surface area contributed by atoms with Crippen molar-refractivity contribution in [1.82, 2.24) is 9.71 Å². The number of fused-ring (bicyclic) bond motifs is 1. The van der Waals surface area contributed by atoms with Crippen molar-refractivity contribution in [3.05, 3.63) is 42.2 Å². The summed E-state index contributed by atoms with van der Waals surface area (Å²) in [7, 11) is -1.42. The quantitative estimate of drug-likeness (QED) is 0.732. The van der Waals surface area contributed by atoms with Crippen molar-refractivity contribution in [2.75, 3.05) is 30.9 Å². The lowest BCUT2D eigenvalue weighted by atomic mass is 9.97. The fourth-order valence-corrected chi connectivity index (χ4v) is 3.56. The smallest absolute Gasteiger partial charge is 0.227 e. The molecule has 1 aliphatic heterocycles. The van der Waals surface area contributed by atoms with Crippen molar-refractivity contribution in [3.63, 3.8) is 0 Å². The van der Waals surface area contributed by atoms with Gasteiger partial charge in [0.1, 0.15) is 12.4 Å². The number of carbonyl (C=O) groups is 1. The molecule has 27 heavy (non-hydrogen) atoms. The normalized spacial score (nSPS) is 14.1. The number of ether oxygens (including phenoxy) is 1. The Morgan fingerprint density at radius 3 is 2.78 bits per heavy atom. The third-order valence-electron chi connectivity index (χ3n) is 4.54. The summed E-state index contributed by atoms with van der Waals surface area (Å²) in [5, 5.41) is 0. The molecule has 1 aromatic heterocycles. The maximum atomic E-state index is 11.8. The van der Waals surface area contributed by atoms with Crippen LogP contribution < -0.4 is 14.4 Å². The van der Waals surface area contributed by atoms with E-state index in [-0.39, 0.29) is 24.8 Å². The molecule has 1 aromatic carbocycles. The minimum absolute atomic E-state index is 0.0448. The summed E-state index contributed by atoms with van der Waals surface area (Å²) in [5.74, 6) is 0.752. The number of nitrogens with one attached hydrogen (secondary N) is 1. The average molecular weight is 389 g/mol. The number of aromatic nitrogens is 1. The molecule has 0 unspecified atom stereocenters. The summed E-state index contributed by atoms with van der Waals surface area (Å²) in [6.45, 7) is 2.02. The minimum Gasteiger partial charge on any atom is -0.491 e. The van der Waals surface area contributed by atoms with E-state index in [4.69, 9.17) is 4.74 Å². The van der Waals surface area contributed by atoms with Crippen LogP contribution in [0.3, 0.4) is 0 Å². The van der Waals surface area contributed by atoms with Crippen LogP contribution in [0.2, 0.25) is 0 Å². The number of aryl methyl sites for hydroxylation is 1. The highest BCUT2D eigenvalue weighted by molar-refractivity contribution is 7.89. The Kier molecular flexibility index (Phi) is 5.76. The molecule has 0 saturated heterocycles. The number of benzene rings is 1. The van der Waals surface area contributed by atoms with E-state index in [0.717, 1.165) is 28.8 Å². The molecule has 144 valence electrons. The number of anilines is 1. The van der Waals surface area contributed by atoms with Gasteiger partial charge in [0.15, 0.2) is 0 Å². The summed E-state index contributed by atoms with van der Waals surface area (Å²) < 4.78 is 30.9. The summed E-state index contributed by atoms with van der Waals surface area (Å²) >= 11 is 0. The molecule has 0 spiro atoms. The van der Waals surface area contributed by atoms with Gasteiger partial charge in [0.05, 0.1) is 11.9 Å². The Morgan fingerprint density at radius 1 is 1.19 bits per heavy atom. The molecule has 0 aliphatic carbocycles. The molecule has 0 saturated carbocycles. The Hall–Kier alpha value is -2.45. The van der Waals surface area contributed by atoms with Crippen LogP contribution in [0.15, 0.2) is 36.7 Å². The van der Waals surface area contributed by atoms with Gasteiger partial charge in [0.2, 0.25) is 15.9 Å². The van der Waals surface area contributed by atoms with Crippen molar-refractivity contribution < 1.29 is 17.9 Å². The Labute approximate surface area is 159 Å². The second-order valence-corrected chi connectivity index (χ2v) is 8.45. The van der Waals surface area contributed by atoms with Crippen molar-refractivity contribution in [2.45, 2.75) is 19.8 Å². The number of hydrogen-bond acceptors (Lipinski definition) is 5. The van der Waals surface area contributed by atoms with Crippen LogP contribution in [0.4, 0.5) is 5.69 Å². The Balaban J connectivity index is 1.70. The number of sulfonamides is 1. The number of carbonyl (C=O) groups excluding carboxylic acids is 1. The summed E-state index contributed by atoms with van der Waals surface area (Å²) in [5.41, 5.74) is 3.98. The van der Waals surface area contributed by atoms with E-state index in [1.165, 1.54) is 0 Å². The number of hydrogen-bond donors (Lipinski definition) is 1. The maximum absolute atomic E-state index is 11.8. The van der Waals surface area contributed by atoms with Gasteiger partial charge in [0, 0.05) is 37.5 Å². The van der Waals surface area contributed by atoms with Crippen LogP contribution in [0.1, 0.15) is 18.9 Å². The van der Waals surface area contributed by atoms with E-state index in [2.05, 4.69) is 15.8 Å². The summed E-state index contributed by atoms with van der Waals surface area (Å²) in [6.07, 6.45) is 4.60. The number of rotatable bonds is 7. The highest BCUT2D eigenvalue weighted by atomic mass is 32.2. The number of pyridine rings is 1. The second-order valence-electron chi connectivity index (χ2n) is 6.35. The zero-order valence-corrected chi connectivity index (χ0v) is 16.3. The number of amides is 1. The maximum Gasteiger partial charge on any atom is 0.227 e. The zero-order valence-electron chi connectivity index (χ0n) is 15.4. The lowest BCUT2D eigenvalue weighted by Crippen LogP contribution is -2.30. The second kappa shape index (κ2) is 8.06. The van der Waals surface area contributed by atoms with E-state index < -0.39 is 10.0 Å². The SMILES string of the molecule is CCS(=O)(=O)NCCOc1cncc(-c2ccc3c(c2)CCC(=O)N3C)c1. The van der Waals surface area contributed by atoms with Gasteiger partial charge >= 0.3 is 0 Å². The first kappa shape index (κ1) is 19.3. The van der Waals surface area contributed by atoms with E-state index in [1.54, 1.807) is 31.3 Å². The van der Waals surface area contributed by atoms with Crippen LogP contribution in [0.5, 0.6) is 5.75 Å². The fourth-order valence-electron chi connectivity index (χ4n) is 2.96. The molecule has 0 bridgehead atoms. The molecular weight excluding hydrogens is 366 g/mol. The molecule has 0 atom stereocenters. The number of nitrogens with zero attached hydrogens (tertiary/aromatic N) is 2. The van der Waals surface area contributed by atoms with E-state index >= 15 is 0 Å². The molecule has 1 amide bonds. The van der Waals surface area contributed by atoms with Gasteiger partial charge in [-0.2, -0.15) is 0 Å². The molecule has 3 rings (SSSR count). The fraction of sp³-hybridized carbons (Fsp3) is 0.368. The van der Waals surface area contributed by atoms with E-state index in [9.17, 15) is 13.2 Å². The topological polar surface area (TPSA) is 88.6 Å². The van der Waals surface area contributed by atoms with E-state index in [1.807, 2.05) is 18.2 Å². The van der Waals surface area contributed by atoms with Gasteiger partial charge in [-0.1, -0.05) is 6.07 Å². The molecule has 2 aromatic rings. The average Bonchev–Trinajstić information content (AvgIpc) is 2.68. The highest BCUT2D eigenvalue weighted by Gasteiger charge is 2.21. The first-order chi connectivity index (χ1) is 12.9. The summed E-state index contributed by atoms with van der Waals surface area (Å²) in [6, 6.07) is 7.87. The molecule has 0 radical (unpaired) electrons.